The Balaban J connectivity index is 2.49. The molecule has 1 aromatic rings. The molecule has 0 amide bonds. The Labute approximate surface area is 126 Å². The molecule has 3 N–H and O–H groups in total. The monoisotopic (exact) mass is 290 g/mol. The third-order valence-corrected chi connectivity index (χ3v) is 3.95. The molecule has 2 rings (SSSR count). The molecule has 1 heterocycles. The number of hydrogen-bond donors (Lipinski definition) is 2. The van der Waals surface area contributed by atoms with E-state index in [1.807, 2.05) is 0 Å². The van der Waals surface area contributed by atoms with Crippen molar-refractivity contribution in [3.05, 3.63) is 22.9 Å². The van der Waals surface area contributed by atoms with Gasteiger partial charge >= 0.3 is 0 Å². The van der Waals surface area contributed by atoms with Crippen LogP contribution in [0.2, 0.25) is 0 Å². The van der Waals surface area contributed by atoms with Crippen LogP contribution in [0.1, 0.15) is 56.4 Å². The second-order valence-corrected chi connectivity index (χ2v) is 5.64. The molecule has 0 aromatic carbocycles. The first-order valence-corrected chi connectivity index (χ1v) is 7.96. The maximum atomic E-state index is 9.07. The van der Waals surface area contributed by atoms with Crippen molar-refractivity contribution in [3.8, 4) is 0 Å². The maximum absolute atomic E-state index is 9.07. The second-order valence-electron chi connectivity index (χ2n) is 5.64. The number of nitrogens with zero attached hydrogens (tertiary/aromatic N) is 3. The van der Waals surface area contributed by atoms with Crippen LogP contribution in [-0.2, 0) is 12.8 Å². The number of aryl methyl sites for hydroxylation is 2. The number of amidine groups is 1. The number of anilines is 1. The summed E-state index contributed by atoms with van der Waals surface area (Å²) in [6.45, 7) is 6.19. The number of hydrogen-bond acceptors (Lipinski definition) is 4. The number of oxime groups is 1. The quantitative estimate of drug-likeness (QED) is 0.365. The molecule has 0 spiro atoms. The summed E-state index contributed by atoms with van der Waals surface area (Å²) in [5.41, 5.74) is 9.09. The zero-order chi connectivity index (χ0) is 15.2. The SMILES string of the molecule is CCCN(CCC)c1nc2c(cc1C(N)=NO)CCCC2. The molecule has 1 aromatic heterocycles. The highest BCUT2D eigenvalue weighted by molar-refractivity contribution is 6.01. The normalized spacial score (nSPS) is 14.9. The van der Waals surface area contributed by atoms with Gasteiger partial charge in [-0.05, 0) is 50.2 Å². The van der Waals surface area contributed by atoms with Crippen molar-refractivity contribution in [3.63, 3.8) is 0 Å². The van der Waals surface area contributed by atoms with Crippen LogP contribution in [0.4, 0.5) is 5.82 Å². The molecule has 0 aliphatic heterocycles. The van der Waals surface area contributed by atoms with Gasteiger partial charge in [0, 0.05) is 18.8 Å². The third-order valence-electron chi connectivity index (χ3n) is 3.95. The van der Waals surface area contributed by atoms with E-state index in [2.05, 4.69) is 30.0 Å². The van der Waals surface area contributed by atoms with Crippen molar-refractivity contribution in [1.29, 1.82) is 0 Å². The van der Waals surface area contributed by atoms with Gasteiger partial charge in [-0.15, -0.1) is 0 Å². The van der Waals surface area contributed by atoms with Crippen LogP contribution in [0.3, 0.4) is 0 Å². The maximum Gasteiger partial charge on any atom is 0.173 e. The summed E-state index contributed by atoms with van der Waals surface area (Å²) in [6.07, 6.45) is 6.56. The summed E-state index contributed by atoms with van der Waals surface area (Å²) >= 11 is 0. The Hall–Kier alpha value is -1.78. The van der Waals surface area contributed by atoms with Crippen molar-refractivity contribution in [1.82, 2.24) is 4.98 Å². The molecule has 21 heavy (non-hydrogen) atoms. The molecule has 0 atom stereocenters. The summed E-state index contributed by atoms with van der Waals surface area (Å²) in [5.74, 6) is 1.03. The average molecular weight is 290 g/mol. The minimum Gasteiger partial charge on any atom is -0.409 e. The van der Waals surface area contributed by atoms with Gasteiger partial charge in [0.05, 0.1) is 5.56 Å². The summed E-state index contributed by atoms with van der Waals surface area (Å²) in [6, 6.07) is 2.07. The molecule has 5 nitrogen and oxygen atoms in total. The predicted molar refractivity (Wildman–Crippen MR) is 86.2 cm³/mol. The number of pyridine rings is 1. The highest BCUT2D eigenvalue weighted by Crippen LogP contribution is 2.27. The fourth-order valence-electron chi connectivity index (χ4n) is 2.97. The van der Waals surface area contributed by atoms with E-state index in [1.54, 1.807) is 0 Å². The third kappa shape index (κ3) is 3.46. The Morgan fingerprint density at radius 2 is 1.95 bits per heavy atom. The first-order chi connectivity index (χ1) is 10.2. The van der Waals surface area contributed by atoms with Gasteiger partial charge in [-0.1, -0.05) is 19.0 Å². The van der Waals surface area contributed by atoms with Crippen molar-refractivity contribution < 1.29 is 5.21 Å². The molecule has 0 fully saturated rings. The van der Waals surface area contributed by atoms with E-state index in [9.17, 15) is 0 Å². The van der Waals surface area contributed by atoms with Crippen LogP contribution in [-0.4, -0.2) is 29.1 Å². The Morgan fingerprint density at radius 1 is 1.29 bits per heavy atom. The zero-order valence-corrected chi connectivity index (χ0v) is 13.1. The first-order valence-electron chi connectivity index (χ1n) is 7.96. The van der Waals surface area contributed by atoms with E-state index in [-0.39, 0.29) is 5.84 Å². The van der Waals surface area contributed by atoms with E-state index in [1.165, 1.54) is 24.1 Å². The summed E-state index contributed by atoms with van der Waals surface area (Å²) in [5, 5.41) is 12.3. The lowest BCUT2D eigenvalue weighted by Gasteiger charge is -2.27. The van der Waals surface area contributed by atoms with Crippen LogP contribution in [0.5, 0.6) is 0 Å². The molecule has 0 bridgehead atoms. The molecule has 116 valence electrons. The van der Waals surface area contributed by atoms with Gasteiger partial charge in [-0.2, -0.15) is 0 Å². The van der Waals surface area contributed by atoms with E-state index in [0.29, 0.717) is 0 Å². The number of nitrogens with two attached hydrogens (primary N) is 1. The topological polar surface area (TPSA) is 74.7 Å². The fraction of sp³-hybridized carbons (Fsp3) is 0.625. The van der Waals surface area contributed by atoms with E-state index >= 15 is 0 Å². The molecule has 0 saturated carbocycles. The first kappa shape index (κ1) is 15.6. The van der Waals surface area contributed by atoms with Crippen LogP contribution in [0.25, 0.3) is 0 Å². The van der Waals surface area contributed by atoms with E-state index < -0.39 is 0 Å². The number of rotatable bonds is 6. The smallest absolute Gasteiger partial charge is 0.173 e. The Bertz CT molecular complexity index is 507. The molecular weight excluding hydrogens is 264 g/mol. The van der Waals surface area contributed by atoms with Gasteiger partial charge in [0.1, 0.15) is 5.82 Å². The van der Waals surface area contributed by atoms with Crippen LogP contribution >= 0.6 is 0 Å². The Morgan fingerprint density at radius 3 is 2.57 bits per heavy atom. The largest absolute Gasteiger partial charge is 0.409 e. The van der Waals surface area contributed by atoms with E-state index in [4.69, 9.17) is 15.9 Å². The molecule has 0 radical (unpaired) electrons. The lowest BCUT2D eigenvalue weighted by molar-refractivity contribution is 0.318. The standard InChI is InChI=1S/C16H26N4O/c1-3-9-20(10-4-2)16-13(15(17)19-21)11-12-7-5-6-8-14(12)18-16/h11,21H,3-10H2,1-2H3,(H2,17,19). The molecule has 1 aliphatic carbocycles. The van der Waals surface area contributed by atoms with Crippen molar-refractivity contribution in [2.75, 3.05) is 18.0 Å². The molecule has 0 unspecified atom stereocenters. The van der Waals surface area contributed by atoms with E-state index in [0.717, 1.165) is 50.2 Å². The molecular formula is C16H26N4O. The van der Waals surface area contributed by atoms with Crippen LogP contribution < -0.4 is 10.6 Å². The zero-order valence-electron chi connectivity index (χ0n) is 13.1. The van der Waals surface area contributed by atoms with Crippen molar-refractivity contribution in [2.45, 2.75) is 52.4 Å². The Kier molecular flexibility index (Phi) is 5.42. The van der Waals surface area contributed by atoms with Crippen LogP contribution in [0, 0.1) is 0 Å². The van der Waals surface area contributed by atoms with Gasteiger partial charge in [0.2, 0.25) is 0 Å². The summed E-state index contributed by atoms with van der Waals surface area (Å²) in [7, 11) is 0. The average Bonchev–Trinajstić information content (AvgIpc) is 2.52. The highest BCUT2D eigenvalue weighted by Gasteiger charge is 2.20. The van der Waals surface area contributed by atoms with Gasteiger partial charge in [0.25, 0.3) is 0 Å². The second kappa shape index (κ2) is 7.29. The number of aromatic nitrogens is 1. The minimum atomic E-state index is 0.156. The van der Waals surface area contributed by atoms with Crippen molar-refractivity contribution >= 4 is 11.7 Å². The number of fused-ring (bicyclic) bond motifs is 1. The van der Waals surface area contributed by atoms with Gasteiger partial charge < -0.3 is 15.8 Å². The van der Waals surface area contributed by atoms with Crippen LogP contribution in [0.15, 0.2) is 11.2 Å². The molecule has 1 aliphatic rings. The minimum absolute atomic E-state index is 0.156. The lowest BCUT2D eigenvalue weighted by atomic mass is 9.94. The predicted octanol–water partition coefficient (Wildman–Crippen LogP) is 2.68. The lowest BCUT2D eigenvalue weighted by Crippen LogP contribution is -2.30. The summed E-state index contributed by atoms with van der Waals surface area (Å²) < 4.78 is 0. The van der Waals surface area contributed by atoms with Gasteiger partial charge in [-0.25, -0.2) is 4.98 Å². The fourth-order valence-corrected chi connectivity index (χ4v) is 2.97. The molecule has 0 saturated heterocycles. The molecule has 5 heteroatoms. The summed E-state index contributed by atoms with van der Waals surface area (Å²) in [4.78, 5) is 7.13. The van der Waals surface area contributed by atoms with Crippen molar-refractivity contribution in [2.24, 2.45) is 10.9 Å². The van der Waals surface area contributed by atoms with Gasteiger partial charge in [-0.3, -0.25) is 0 Å². The highest BCUT2D eigenvalue weighted by atomic mass is 16.4. The van der Waals surface area contributed by atoms with Gasteiger partial charge in [0.15, 0.2) is 5.84 Å².